The Labute approximate surface area is 124 Å². The molecule has 0 spiro atoms. The molecule has 0 aliphatic rings. The molecule has 0 aliphatic carbocycles. The molecule has 1 aromatic carbocycles. The molecular weight excluding hydrogens is 277 g/mol. The number of aromatic carboxylic acids is 1. The van der Waals surface area contributed by atoms with Crippen LogP contribution < -0.4 is 5.32 Å². The molecule has 0 radical (unpaired) electrons. The van der Waals surface area contributed by atoms with Crippen molar-refractivity contribution in [3.63, 3.8) is 0 Å². The number of carbonyl (C=O) groups is 1. The lowest BCUT2D eigenvalue weighted by Gasteiger charge is -2.30. The minimum atomic E-state index is -1.04. The molecule has 3 nitrogen and oxygen atoms in total. The Morgan fingerprint density at radius 2 is 2.05 bits per heavy atom. The molecule has 0 unspecified atom stereocenters. The first-order chi connectivity index (χ1) is 9.48. The number of benzene rings is 1. The summed E-state index contributed by atoms with van der Waals surface area (Å²) in [4.78, 5) is 10.9. The molecule has 0 saturated heterocycles. The number of nitrogens with one attached hydrogen (secondary N) is 1. The van der Waals surface area contributed by atoms with Gasteiger partial charge in [-0.1, -0.05) is 13.8 Å². The molecule has 0 aliphatic heterocycles. The average Bonchev–Trinajstić information content (AvgIpc) is 2.46. The highest BCUT2D eigenvalue weighted by atomic mass is 32.2. The van der Waals surface area contributed by atoms with Gasteiger partial charge in [0.2, 0.25) is 0 Å². The number of halogens is 1. The molecular formula is C15H22FNO2S. The Kier molecular flexibility index (Phi) is 6.49. The van der Waals surface area contributed by atoms with E-state index in [4.69, 9.17) is 5.11 Å². The van der Waals surface area contributed by atoms with Crippen molar-refractivity contribution >= 4 is 17.7 Å². The standard InChI is InChI=1S/C15H22FNO2S/c1-4-15(5-2,20-3)10-17-9-12-8-11(14(18)19)6-7-13(12)16/h6-8,17H,4-5,9-10H2,1-3H3,(H,18,19). The Balaban J connectivity index is 2.70. The van der Waals surface area contributed by atoms with Crippen LogP contribution in [0.4, 0.5) is 4.39 Å². The normalized spacial score (nSPS) is 11.6. The first kappa shape index (κ1) is 17.0. The Bertz CT molecular complexity index is 453. The van der Waals surface area contributed by atoms with E-state index in [2.05, 4.69) is 25.4 Å². The molecule has 0 saturated carbocycles. The minimum absolute atomic E-state index is 0.116. The maximum absolute atomic E-state index is 13.7. The van der Waals surface area contributed by atoms with Crippen molar-refractivity contribution in [3.8, 4) is 0 Å². The van der Waals surface area contributed by atoms with E-state index in [1.54, 1.807) is 0 Å². The van der Waals surface area contributed by atoms with Crippen molar-refractivity contribution in [1.29, 1.82) is 0 Å². The van der Waals surface area contributed by atoms with E-state index in [1.165, 1.54) is 18.2 Å². The second-order valence-corrected chi connectivity index (χ2v) is 6.08. The zero-order valence-corrected chi connectivity index (χ0v) is 13.0. The van der Waals surface area contributed by atoms with E-state index in [0.29, 0.717) is 12.1 Å². The summed E-state index contributed by atoms with van der Waals surface area (Å²) in [6.07, 6.45) is 4.16. The van der Waals surface area contributed by atoms with E-state index in [9.17, 15) is 9.18 Å². The highest BCUT2D eigenvalue weighted by Crippen LogP contribution is 2.29. The smallest absolute Gasteiger partial charge is 0.335 e. The summed E-state index contributed by atoms with van der Waals surface area (Å²) in [5.41, 5.74) is 0.512. The second kappa shape index (κ2) is 7.64. The Morgan fingerprint density at radius 3 is 2.55 bits per heavy atom. The van der Waals surface area contributed by atoms with Gasteiger partial charge in [-0.2, -0.15) is 11.8 Å². The second-order valence-electron chi connectivity index (χ2n) is 4.81. The fraction of sp³-hybridized carbons (Fsp3) is 0.533. The number of hydrogen-bond acceptors (Lipinski definition) is 3. The number of carboxylic acid groups (broad SMARTS) is 1. The summed E-state index contributed by atoms with van der Waals surface area (Å²) < 4.78 is 13.8. The topological polar surface area (TPSA) is 49.3 Å². The molecule has 1 rings (SSSR count). The van der Waals surface area contributed by atoms with E-state index in [-0.39, 0.29) is 16.1 Å². The molecule has 20 heavy (non-hydrogen) atoms. The maximum atomic E-state index is 13.7. The van der Waals surface area contributed by atoms with Crippen molar-refractivity contribution in [2.75, 3.05) is 12.8 Å². The molecule has 2 N–H and O–H groups in total. The quantitative estimate of drug-likeness (QED) is 0.771. The van der Waals surface area contributed by atoms with Crippen LogP contribution in [0.3, 0.4) is 0 Å². The Morgan fingerprint density at radius 1 is 1.40 bits per heavy atom. The lowest BCUT2D eigenvalue weighted by Crippen LogP contribution is -2.36. The van der Waals surface area contributed by atoms with Gasteiger partial charge >= 0.3 is 5.97 Å². The first-order valence-corrected chi connectivity index (χ1v) is 7.98. The van der Waals surface area contributed by atoms with Crippen LogP contribution in [-0.4, -0.2) is 28.6 Å². The fourth-order valence-electron chi connectivity index (χ4n) is 2.13. The third-order valence-corrected chi connectivity index (χ3v) is 5.36. The molecule has 0 fully saturated rings. The zero-order valence-electron chi connectivity index (χ0n) is 12.2. The van der Waals surface area contributed by atoms with Crippen molar-refractivity contribution in [2.24, 2.45) is 0 Å². The van der Waals surface area contributed by atoms with Gasteiger partial charge in [-0.05, 0) is 37.3 Å². The average molecular weight is 299 g/mol. The van der Waals surface area contributed by atoms with Crippen LogP contribution in [0.2, 0.25) is 0 Å². The van der Waals surface area contributed by atoms with Gasteiger partial charge in [-0.25, -0.2) is 9.18 Å². The molecule has 0 heterocycles. The minimum Gasteiger partial charge on any atom is -0.478 e. The fourth-order valence-corrected chi connectivity index (χ4v) is 2.95. The first-order valence-electron chi connectivity index (χ1n) is 6.75. The molecule has 0 amide bonds. The van der Waals surface area contributed by atoms with Crippen LogP contribution in [-0.2, 0) is 6.54 Å². The van der Waals surface area contributed by atoms with Crippen LogP contribution in [0.1, 0.15) is 42.6 Å². The van der Waals surface area contributed by atoms with Crippen LogP contribution in [0.25, 0.3) is 0 Å². The lowest BCUT2D eigenvalue weighted by atomic mass is 10.0. The van der Waals surface area contributed by atoms with Gasteiger partial charge in [0.15, 0.2) is 0 Å². The van der Waals surface area contributed by atoms with E-state index in [1.807, 2.05) is 11.8 Å². The van der Waals surface area contributed by atoms with Crippen molar-refractivity contribution in [2.45, 2.75) is 38.0 Å². The predicted molar refractivity (Wildman–Crippen MR) is 81.9 cm³/mol. The zero-order chi connectivity index (χ0) is 15.2. The highest BCUT2D eigenvalue weighted by molar-refractivity contribution is 8.00. The van der Waals surface area contributed by atoms with Gasteiger partial charge in [0.1, 0.15) is 5.82 Å². The van der Waals surface area contributed by atoms with Crippen LogP contribution in [0.5, 0.6) is 0 Å². The summed E-state index contributed by atoms with van der Waals surface area (Å²) in [5, 5.41) is 12.2. The molecule has 5 heteroatoms. The molecule has 0 atom stereocenters. The Hall–Kier alpha value is -1.07. The predicted octanol–water partition coefficient (Wildman–Crippen LogP) is 3.54. The van der Waals surface area contributed by atoms with Gasteiger partial charge < -0.3 is 10.4 Å². The van der Waals surface area contributed by atoms with Crippen LogP contribution in [0, 0.1) is 5.82 Å². The van der Waals surface area contributed by atoms with E-state index < -0.39 is 5.97 Å². The number of hydrogen-bond donors (Lipinski definition) is 2. The monoisotopic (exact) mass is 299 g/mol. The van der Waals surface area contributed by atoms with Gasteiger partial charge in [0, 0.05) is 23.4 Å². The van der Waals surface area contributed by atoms with Crippen molar-refractivity contribution in [1.82, 2.24) is 5.32 Å². The van der Waals surface area contributed by atoms with Crippen LogP contribution >= 0.6 is 11.8 Å². The molecule has 0 aromatic heterocycles. The summed E-state index contributed by atoms with van der Waals surface area (Å²) in [6, 6.07) is 3.89. The summed E-state index contributed by atoms with van der Waals surface area (Å²) in [7, 11) is 0. The van der Waals surface area contributed by atoms with Gasteiger partial charge in [-0.15, -0.1) is 0 Å². The van der Waals surface area contributed by atoms with Crippen molar-refractivity contribution in [3.05, 3.63) is 35.1 Å². The third-order valence-electron chi connectivity index (χ3n) is 3.78. The van der Waals surface area contributed by atoms with E-state index in [0.717, 1.165) is 19.4 Å². The summed E-state index contributed by atoms with van der Waals surface area (Å²) in [6.45, 7) is 5.41. The SMILES string of the molecule is CCC(CC)(CNCc1cc(C(=O)O)ccc1F)SC. The van der Waals surface area contributed by atoms with Crippen LogP contribution in [0.15, 0.2) is 18.2 Å². The maximum Gasteiger partial charge on any atom is 0.335 e. The third kappa shape index (κ3) is 4.21. The lowest BCUT2D eigenvalue weighted by molar-refractivity contribution is 0.0696. The number of carboxylic acids is 1. The molecule has 0 bridgehead atoms. The summed E-state index contributed by atoms with van der Waals surface area (Å²) >= 11 is 1.81. The van der Waals surface area contributed by atoms with Gasteiger partial charge in [0.25, 0.3) is 0 Å². The largest absolute Gasteiger partial charge is 0.478 e. The summed E-state index contributed by atoms with van der Waals surface area (Å²) in [5.74, 6) is -1.41. The number of thioether (sulfide) groups is 1. The van der Waals surface area contributed by atoms with Gasteiger partial charge in [0.05, 0.1) is 5.56 Å². The van der Waals surface area contributed by atoms with E-state index >= 15 is 0 Å². The van der Waals surface area contributed by atoms with Crippen molar-refractivity contribution < 1.29 is 14.3 Å². The van der Waals surface area contributed by atoms with Gasteiger partial charge in [-0.3, -0.25) is 0 Å². The molecule has 112 valence electrons. The molecule has 1 aromatic rings. The number of rotatable bonds is 8. The highest BCUT2D eigenvalue weighted by Gasteiger charge is 2.24.